The van der Waals surface area contributed by atoms with Crippen molar-refractivity contribution in [3.8, 4) is 0 Å². The molecule has 0 unspecified atom stereocenters. The predicted molar refractivity (Wildman–Crippen MR) is 40.6 cm³/mol. The number of hydrogen-bond donors (Lipinski definition) is 2. The van der Waals surface area contributed by atoms with Crippen molar-refractivity contribution in [2.45, 2.75) is 11.8 Å². The van der Waals surface area contributed by atoms with E-state index in [0.29, 0.717) is 5.82 Å². The van der Waals surface area contributed by atoms with E-state index < -0.39 is 0 Å². The van der Waals surface area contributed by atoms with Crippen molar-refractivity contribution in [1.82, 2.24) is 4.98 Å². The van der Waals surface area contributed by atoms with E-state index in [4.69, 9.17) is 5.73 Å². The molecule has 9 heavy (non-hydrogen) atoms. The summed E-state index contributed by atoms with van der Waals surface area (Å²) in [4.78, 5) is 4.73. The van der Waals surface area contributed by atoms with Gasteiger partial charge in [-0.3, -0.25) is 0 Å². The Hall–Kier alpha value is -0.700. The molecule has 0 fully saturated rings. The van der Waals surface area contributed by atoms with E-state index >= 15 is 0 Å². The largest absolute Gasteiger partial charge is 0.383 e. The van der Waals surface area contributed by atoms with Crippen molar-refractivity contribution >= 4 is 18.4 Å². The summed E-state index contributed by atoms with van der Waals surface area (Å²) in [5, 5.41) is 0. The third-order valence-electron chi connectivity index (χ3n) is 1.10. The molecule has 0 spiro atoms. The van der Waals surface area contributed by atoms with Crippen LogP contribution < -0.4 is 5.73 Å². The Labute approximate surface area is 59.5 Å². The first-order valence-corrected chi connectivity index (χ1v) is 3.06. The summed E-state index contributed by atoms with van der Waals surface area (Å²) in [7, 11) is 0. The van der Waals surface area contributed by atoms with Crippen LogP contribution in [0.1, 0.15) is 5.56 Å². The molecule has 2 N–H and O–H groups in total. The lowest BCUT2D eigenvalue weighted by molar-refractivity contribution is 1.21. The molecule has 0 amide bonds. The van der Waals surface area contributed by atoms with Crippen molar-refractivity contribution in [1.29, 1.82) is 0 Å². The van der Waals surface area contributed by atoms with Crippen molar-refractivity contribution in [2.24, 2.45) is 0 Å². The summed E-state index contributed by atoms with van der Waals surface area (Å²) in [6.45, 7) is 1.90. The molecule has 0 aliphatic carbocycles. The molecule has 0 aliphatic rings. The maximum absolute atomic E-state index is 5.44. The lowest BCUT2D eigenvalue weighted by Crippen LogP contribution is -1.92. The minimum Gasteiger partial charge on any atom is -0.383 e. The Balaban J connectivity index is 3.17. The van der Waals surface area contributed by atoms with Gasteiger partial charge in [0.25, 0.3) is 0 Å². The van der Waals surface area contributed by atoms with E-state index in [9.17, 15) is 0 Å². The predicted octanol–water partition coefficient (Wildman–Crippen LogP) is 1.26. The van der Waals surface area contributed by atoms with Gasteiger partial charge < -0.3 is 5.73 Å². The summed E-state index contributed by atoms with van der Waals surface area (Å²) in [5.41, 5.74) is 6.42. The smallest absolute Gasteiger partial charge is 0.126 e. The van der Waals surface area contributed by atoms with E-state index in [1.807, 2.05) is 13.0 Å². The number of nitrogens with zero attached hydrogens (tertiary/aromatic N) is 1. The number of hydrogen-bond acceptors (Lipinski definition) is 3. The number of aromatic nitrogens is 1. The second-order valence-corrected chi connectivity index (χ2v) is 2.41. The van der Waals surface area contributed by atoms with Crippen LogP contribution in [0.4, 0.5) is 5.82 Å². The van der Waals surface area contributed by atoms with Gasteiger partial charge in [-0.2, -0.15) is 0 Å². The minimum atomic E-state index is 0.577. The first-order chi connectivity index (χ1) is 4.20. The molecule has 2 nitrogen and oxygen atoms in total. The van der Waals surface area contributed by atoms with E-state index in [2.05, 4.69) is 17.6 Å². The van der Waals surface area contributed by atoms with Crippen LogP contribution in [0.15, 0.2) is 17.2 Å². The van der Waals surface area contributed by atoms with Gasteiger partial charge in [-0.25, -0.2) is 4.98 Å². The molecule has 1 rings (SSSR count). The molecule has 48 valence electrons. The zero-order valence-corrected chi connectivity index (χ0v) is 6.02. The van der Waals surface area contributed by atoms with Crippen LogP contribution in [0.2, 0.25) is 0 Å². The Bertz CT molecular complexity index is 222. The molecule has 0 saturated heterocycles. The SMILES string of the molecule is Cc1cc(S)cnc1N. The molecule has 1 aromatic rings. The summed E-state index contributed by atoms with van der Waals surface area (Å²) in [5.74, 6) is 0.577. The van der Waals surface area contributed by atoms with Crippen LogP contribution >= 0.6 is 12.6 Å². The zero-order chi connectivity index (χ0) is 6.85. The van der Waals surface area contributed by atoms with Gasteiger partial charge in [-0.1, -0.05) is 0 Å². The highest BCUT2D eigenvalue weighted by Gasteiger charge is 1.91. The zero-order valence-electron chi connectivity index (χ0n) is 5.13. The molecule has 1 heterocycles. The Morgan fingerprint density at radius 3 is 2.78 bits per heavy atom. The molecule has 0 saturated carbocycles. The maximum atomic E-state index is 5.44. The maximum Gasteiger partial charge on any atom is 0.126 e. The number of nitrogens with two attached hydrogens (primary N) is 1. The Morgan fingerprint density at radius 1 is 1.67 bits per heavy atom. The quantitative estimate of drug-likeness (QED) is 0.532. The lowest BCUT2D eigenvalue weighted by atomic mass is 10.3. The van der Waals surface area contributed by atoms with E-state index in [1.165, 1.54) is 0 Å². The summed E-state index contributed by atoms with van der Waals surface area (Å²) in [6.07, 6.45) is 1.63. The second kappa shape index (κ2) is 2.27. The molecule has 3 heteroatoms. The van der Waals surface area contributed by atoms with Gasteiger partial charge in [0.15, 0.2) is 0 Å². The number of pyridine rings is 1. The lowest BCUT2D eigenvalue weighted by Gasteiger charge is -1.96. The van der Waals surface area contributed by atoms with Gasteiger partial charge in [0, 0.05) is 11.1 Å². The van der Waals surface area contributed by atoms with Crippen LogP contribution in [-0.4, -0.2) is 4.98 Å². The molecular formula is C6H8N2S. The molecular weight excluding hydrogens is 132 g/mol. The number of rotatable bonds is 0. The first kappa shape index (κ1) is 6.42. The Kier molecular flexibility index (Phi) is 1.62. The fourth-order valence-corrected chi connectivity index (χ4v) is 0.822. The number of nitrogen functional groups attached to an aromatic ring is 1. The average molecular weight is 140 g/mol. The van der Waals surface area contributed by atoms with Gasteiger partial charge >= 0.3 is 0 Å². The average Bonchev–Trinajstić information content (AvgIpc) is 1.80. The number of thiol groups is 1. The van der Waals surface area contributed by atoms with E-state index in [-0.39, 0.29) is 0 Å². The van der Waals surface area contributed by atoms with E-state index in [1.54, 1.807) is 6.20 Å². The standard InChI is InChI=1S/C6H8N2S/c1-4-2-5(9)3-8-6(4)7/h2-3,9H,1H3,(H2,7,8). The topological polar surface area (TPSA) is 38.9 Å². The fourth-order valence-electron chi connectivity index (χ4n) is 0.571. The van der Waals surface area contributed by atoms with Crippen LogP contribution in [0, 0.1) is 6.92 Å². The number of aryl methyl sites for hydroxylation is 1. The highest BCUT2D eigenvalue weighted by atomic mass is 32.1. The highest BCUT2D eigenvalue weighted by Crippen LogP contribution is 2.10. The van der Waals surface area contributed by atoms with Crippen molar-refractivity contribution in [3.05, 3.63) is 17.8 Å². The van der Waals surface area contributed by atoms with Crippen LogP contribution in [0.3, 0.4) is 0 Å². The van der Waals surface area contributed by atoms with Crippen LogP contribution in [0.5, 0.6) is 0 Å². The van der Waals surface area contributed by atoms with Crippen molar-refractivity contribution < 1.29 is 0 Å². The Morgan fingerprint density at radius 2 is 2.33 bits per heavy atom. The van der Waals surface area contributed by atoms with Gasteiger partial charge in [-0.15, -0.1) is 12.6 Å². The molecule has 0 bridgehead atoms. The molecule has 0 aliphatic heterocycles. The van der Waals surface area contributed by atoms with Crippen LogP contribution in [-0.2, 0) is 0 Å². The molecule has 0 aromatic carbocycles. The highest BCUT2D eigenvalue weighted by molar-refractivity contribution is 7.80. The van der Waals surface area contributed by atoms with Crippen molar-refractivity contribution in [3.63, 3.8) is 0 Å². The summed E-state index contributed by atoms with van der Waals surface area (Å²) in [6, 6.07) is 1.88. The summed E-state index contributed by atoms with van der Waals surface area (Å²) < 4.78 is 0. The van der Waals surface area contributed by atoms with Gasteiger partial charge in [0.2, 0.25) is 0 Å². The minimum absolute atomic E-state index is 0.577. The van der Waals surface area contributed by atoms with Crippen LogP contribution in [0.25, 0.3) is 0 Å². The molecule has 0 radical (unpaired) electrons. The van der Waals surface area contributed by atoms with Gasteiger partial charge in [0.05, 0.1) is 0 Å². The fraction of sp³-hybridized carbons (Fsp3) is 0.167. The molecule has 0 atom stereocenters. The normalized spacial score (nSPS) is 9.56. The van der Waals surface area contributed by atoms with E-state index in [0.717, 1.165) is 10.5 Å². The van der Waals surface area contributed by atoms with Gasteiger partial charge in [-0.05, 0) is 18.6 Å². The monoisotopic (exact) mass is 140 g/mol. The second-order valence-electron chi connectivity index (χ2n) is 1.90. The van der Waals surface area contributed by atoms with Gasteiger partial charge in [0.1, 0.15) is 5.82 Å². The first-order valence-electron chi connectivity index (χ1n) is 2.61. The number of anilines is 1. The third kappa shape index (κ3) is 1.36. The van der Waals surface area contributed by atoms with Crippen molar-refractivity contribution in [2.75, 3.05) is 5.73 Å². The molecule has 1 aromatic heterocycles. The summed E-state index contributed by atoms with van der Waals surface area (Å²) >= 11 is 4.08. The third-order valence-corrected chi connectivity index (χ3v) is 1.35.